The van der Waals surface area contributed by atoms with Crippen LogP contribution in [0.5, 0.6) is 0 Å². The lowest BCUT2D eigenvalue weighted by molar-refractivity contribution is -0.130. The minimum Gasteiger partial charge on any atom is -0.357 e. The molecule has 2 heterocycles. The first kappa shape index (κ1) is 23.7. The topological polar surface area (TPSA) is 74.6 Å². The van der Waals surface area contributed by atoms with E-state index in [9.17, 15) is 4.79 Å². The Morgan fingerprint density at radius 2 is 2.00 bits per heavy atom. The molecule has 2 N–H and O–H groups in total. The van der Waals surface area contributed by atoms with Crippen molar-refractivity contribution in [3.05, 3.63) is 17.0 Å². The van der Waals surface area contributed by atoms with E-state index in [0.29, 0.717) is 18.9 Å². The van der Waals surface area contributed by atoms with Gasteiger partial charge in [0, 0.05) is 50.9 Å². The summed E-state index contributed by atoms with van der Waals surface area (Å²) in [6.45, 7) is 10.1. The fourth-order valence-corrected chi connectivity index (χ4v) is 3.30. The number of rotatable bonds is 7. The third kappa shape index (κ3) is 7.31. The molecule has 0 spiro atoms. The fraction of sp³-hybridized carbons (Fsp3) is 0.737. The first-order valence-electron chi connectivity index (χ1n) is 9.82. The van der Waals surface area contributed by atoms with Crippen LogP contribution in [0.25, 0.3) is 0 Å². The van der Waals surface area contributed by atoms with E-state index in [1.807, 2.05) is 23.6 Å². The Hall–Kier alpha value is -1.32. The van der Waals surface area contributed by atoms with Crippen LogP contribution in [0.4, 0.5) is 0 Å². The summed E-state index contributed by atoms with van der Waals surface area (Å²) in [6.07, 6.45) is 4.98. The summed E-state index contributed by atoms with van der Waals surface area (Å²) in [6, 6.07) is 0. The van der Waals surface area contributed by atoms with Gasteiger partial charge >= 0.3 is 0 Å². The molecule has 0 saturated carbocycles. The lowest BCUT2D eigenvalue weighted by atomic mass is 10.2. The average molecular weight is 490 g/mol. The monoisotopic (exact) mass is 490 g/mol. The predicted molar refractivity (Wildman–Crippen MR) is 121 cm³/mol. The number of guanidine groups is 1. The highest BCUT2D eigenvalue weighted by Crippen LogP contribution is 2.13. The molecule has 1 saturated heterocycles. The van der Waals surface area contributed by atoms with Crippen LogP contribution in [0.3, 0.4) is 0 Å². The Balaban J connectivity index is 0.00000364. The fourth-order valence-electron chi connectivity index (χ4n) is 3.30. The van der Waals surface area contributed by atoms with Gasteiger partial charge in [0.1, 0.15) is 0 Å². The third-order valence-electron chi connectivity index (χ3n) is 4.97. The summed E-state index contributed by atoms with van der Waals surface area (Å²) in [5.41, 5.74) is 3.37. The van der Waals surface area contributed by atoms with Gasteiger partial charge in [0.25, 0.3) is 0 Å². The average Bonchev–Trinajstić information content (AvgIpc) is 2.76. The lowest BCUT2D eigenvalue weighted by Crippen LogP contribution is -2.39. The highest BCUT2D eigenvalue weighted by atomic mass is 127. The van der Waals surface area contributed by atoms with Gasteiger partial charge in [-0.2, -0.15) is 5.10 Å². The van der Waals surface area contributed by atoms with Crippen LogP contribution in [0.2, 0.25) is 0 Å². The number of carbonyl (C=O) groups is 1. The second-order valence-electron chi connectivity index (χ2n) is 6.94. The molecule has 1 fully saturated rings. The summed E-state index contributed by atoms with van der Waals surface area (Å²) in [4.78, 5) is 18.7. The lowest BCUT2D eigenvalue weighted by Gasteiger charge is -2.20. The van der Waals surface area contributed by atoms with Gasteiger partial charge < -0.3 is 15.5 Å². The van der Waals surface area contributed by atoms with Crippen LogP contribution in [-0.4, -0.2) is 52.7 Å². The van der Waals surface area contributed by atoms with E-state index in [4.69, 9.17) is 4.99 Å². The zero-order valence-electron chi connectivity index (χ0n) is 17.2. The largest absolute Gasteiger partial charge is 0.357 e. The molecule has 1 aromatic heterocycles. The number of nitrogens with zero attached hydrogens (tertiary/aromatic N) is 4. The van der Waals surface area contributed by atoms with Gasteiger partial charge in [0.15, 0.2) is 5.96 Å². The van der Waals surface area contributed by atoms with Crippen molar-refractivity contribution in [2.45, 2.75) is 59.4 Å². The van der Waals surface area contributed by atoms with Crippen molar-refractivity contribution in [1.29, 1.82) is 0 Å². The highest BCUT2D eigenvalue weighted by Gasteiger charge is 2.15. The predicted octanol–water partition coefficient (Wildman–Crippen LogP) is 2.50. The van der Waals surface area contributed by atoms with E-state index in [1.165, 1.54) is 12.0 Å². The van der Waals surface area contributed by atoms with Crippen LogP contribution < -0.4 is 10.6 Å². The second-order valence-corrected chi connectivity index (χ2v) is 6.94. The maximum atomic E-state index is 12.0. The van der Waals surface area contributed by atoms with Gasteiger partial charge in [-0.05, 0) is 40.0 Å². The SMILES string of the molecule is CCNC(=NCc1c(C)nn(C)c1C)NCCCN1CCCCCC1=O.I. The first-order chi connectivity index (χ1) is 12.5. The summed E-state index contributed by atoms with van der Waals surface area (Å²) < 4.78 is 1.90. The van der Waals surface area contributed by atoms with Crippen molar-refractivity contribution < 1.29 is 4.79 Å². The van der Waals surface area contributed by atoms with E-state index < -0.39 is 0 Å². The molecular weight excluding hydrogens is 455 g/mol. The number of aromatic nitrogens is 2. The number of hydrogen-bond acceptors (Lipinski definition) is 3. The van der Waals surface area contributed by atoms with Crippen molar-refractivity contribution in [1.82, 2.24) is 25.3 Å². The summed E-state index contributed by atoms with van der Waals surface area (Å²) in [5, 5.41) is 11.1. The molecule has 1 aliphatic rings. The van der Waals surface area contributed by atoms with Crippen LogP contribution in [-0.2, 0) is 18.4 Å². The molecule has 1 aliphatic heterocycles. The van der Waals surface area contributed by atoms with Gasteiger partial charge in [0.2, 0.25) is 5.91 Å². The number of carbonyl (C=O) groups excluding carboxylic acids is 1. The normalized spacial score (nSPS) is 15.3. The van der Waals surface area contributed by atoms with Gasteiger partial charge in [-0.25, -0.2) is 4.99 Å². The summed E-state index contributed by atoms with van der Waals surface area (Å²) >= 11 is 0. The number of amides is 1. The molecule has 2 rings (SSSR count). The van der Waals surface area contributed by atoms with Gasteiger partial charge in [-0.1, -0.05) is 6.42 Å². The summed E-state index contributed by atoms with van der Waals surface area (Å²) in [7, 11) is 1.96. The van der Waals surface area contributed by atoms with E-state index in [0.717, 1.165) is 62.8 Å². The van der Waals surface area contributed by atoms with Crippen LogP contribution in [0, 0.1) is 13.8 Å². The molecule has 0 bridgehead atoms. The maximum absolute atomic E-state index is 12.0. The van der Waals surface area contributed by atoms with E-state index in [1.54, 1.807) is 0 Å². The molecule has 0 aliphatic carbocycles. The van der Waals surface area contributed by atoms with Crippen LogP contribution in [0.1, 0.15) is 56.0 Å². The Morgan fingerprint density at radius 1 is 1.22 bits per heavy atom. The number of nitrogens with one attached hydrogen (secondary N) is 2. The van der Waals surface area contributed by atoms with Crippen molar-refractivity contribution in [3.63, 3.8) is 0 Å². The molecule has 8 heteroatoms. The quantitative estimate of drug-likeness (QED) is 0.267. The van der Waals surface area contributed by atoms with E-state index in [2.05, 4.69) is 29.6 Å². The van der Waals surface area contributed by atoms with Crippen LogP contribution >= 0.6 is 24.0 Å². The second kappa shape index (κ2) is 12.2. The molecule has 1 amide bonds. The molecule has 0 radical (unpaired) electrons. The molecule has 0 aromatic carbocycles. The minimum absolute atomic E-state index is 0. The number of aliphatic imine (C=N–C) groups is 1. The zero-order valence-corrected chi connectivity index (χ0v) is 19.5. The van der Waals surface area contributed by atoms with Crippen molar-refractivity contribution in [2.24, 2.45) is 12.0 Å². The number of halogens is 1. The van der Waals surface area contributed by atoms with Gasteiger partial charge in [0.05, 0.1) is 12.2 Å². The molecular formula is C19H35IN6O. The van der Waals surface area contributed by atoms with Crippen molar-refractivity contribution in [3.8, 4) is 0 Å². The Bertz CT molecular complexity index is 628. The van der Waals surface area contributed by atoms with Crippen LogP contribution in [0.15, 0.2) is 4.99 Å². The molecule has 1 aromatic rings. The Morgan fingerprint density at radius 3 is 2.67 bits per heavy atom. The molecule has 154 valence electrons. The molecule has 27 heavy (non-hydrogen) atoms. The van der Waals surface area contributed by atoms with E-state index in [-0.39, 0.29) is 24.0 Å². The summed E-state index contributed by atoms with van der Waals surface area (Å²) in [5.74, 6) is 1.13. The standard InChI is InChI=1S/C19H34N6O.HI/c1-5-20-19(22-14-17-15(2)23-24(4)16(17)3)21-11-9-13-25-12-8-6-7-10-18(25)26;/h5-14H2,1-4H3,(H2,20,21,22);1H. The number of aryl methyl sites for hydroxylation is 2. The minimum atomic E-state index is 0. The maximum Gasteiger partial charge on any atom is 0.222 e. The number of hydrogen-bond donors (Lipinski definition) is 2. The Kier molecular flexibility index (Phi) is 10.7. The molecule has 0 unspecified atom stereocenters. The molecule has 0 atom stereocenters. The van der Waals surface area contributed by atoms with E-state index >= 15 is 0 Å². The highest BCUT2D eigenvalue weighted by molar-refractivity contribution is 14.0. The van der Waals surface area contributed by atoms with Crippen molar-refractivity contribution in [2.75, 3.05) is 26.2 Å². The molecule has 7 nitrogen and oxygen atoms in total. The third-order valence-corrected chi connectivity index (χ3v) is 4.97. The van der Waals surface area contributed by atoms with Gasteiger partial charge in [-0.15, -0.1) is 24.0 Å². The van der Waals surface area contributed by atoms with Gasteiger partial charge in [-0.3, -0.25) is 9.48 Å². The Labute approximate surface area is 180 Å². The first-order valence-corrected chi connectivity index (χ1v) is 9.82. The smallest absolute Gasteiger partial charge is 0.222 e. The van der Waals surface area contributed by atoms with Crippen molar-refractivity contribution >= 4 is 35.8 Å². The zero-order chi connectivity index (χ0) is 18.9. The number of likely N-dealkylation sites (tertiary alicyclic amines) is 1.